The Hall–Kier alpha value is -2.60. The number of rotatable bonds is 5. The number of alkyl halides is 3. The molecule has 0 aliphatic rings. The molecule has 0 radical (unpaired) electrons. The summed E-state index contributed by atoms with van der Waals surface area (Å²) in [5, 5.41) is 7.72. The van der Waals surface area contributed by atoms with Crippen LogP contribution in [0.25, 0.3) is 5.69 Å². The smallest absolute Gasteiger partial charge is 0.306 e. The summed E-state index contributed by atoms with van der Waals surface area (Å²) in [6.45, 7) is 4.31. The summed E-state index contributed by atoms with van der Waals surface area (Å²) in [6, 6.07) is 15.1. The van der Waals surface area contributed by atoms with Gasteiger partial charge < -0.3 is 5.32 Å². The van der Waals surface area contributed by atoms with Crippen molar-refractivity contribution in [2.75, 3.05) is 0 Å². The van der Waals surface area contributed by atoms with Crippen molar-refractivity contribution in [2.45, 2.75) is 32.6 Å². The number of halogens is 3. The van der Waals surface area contributed by atoms with E-state index in [4.69, 9.17) is 0 Å². The summed E-state index contributed by atoms with van der Waals surface area (Å²) >= 11 is 0. The molecular formula is C20H20F3N3. The average Bonchev–Trinajstić information content (AvgIpc) is 3.01. The number of hydrogen-bond donors (Lipinski definition) is 1. The Morgan fingerprint density at radius 2 is 1.81 bits per heavy atom. The van der Waals surface area contributed by atoms with Gasteiger partial charge in [0.15, 0.2) is 0 Å². The summed E-state index contributed by atoms with van der Waals surface area (Å²) in [4.78, 5) is 0. The SMILES string of the molecule is Cc1c(C(C)NCc2cccc(C(F)(F)F)c2)cnn1-c1ccccc1. The largest absolute Gasteiger partial charge is 0.416 e. The summed E-state index contributed by atoms with van der Waals surface area (Å²) in [5.74, 6) is 0. The summed E-state index contributed by atoms with van der Waals surface area (Å²) < 4.78 is 40.3. The van der Waals surface area contributed by atoms with E-state index >= 15 is 0 Å². The summed E-state index contributed by atoms with van der Waals surface area (Å²) in [5.41, 5.74) is 2.96. The van der Waals surface area contributed by atoms with E-state index in [1.165, 1.54) is 12.1 Å². The molecule has 1 aromatic heterocycles. The Morgan fingerprint density at radius 3 is 2.50 bits per heavy atom. The topological polar surface area (TPSA) is 29.9 Å². The molecule has 0 aliphatic heterocycles. The average molecular weight is 359 g/mol. The van der Waals surface area contributed by atoms with Gasteiger partial charge in [0.2, 0.25) is 0 Å². The van der Waals surface area contributed by atoms with Gasteiger partial charge in [-0.3, -0.25) is 0 Å². The van der Waals surface area contributed by atoms with Crippen molar-refractivity contribution in [3.05, 3.63) is 83.2 Å². The van der Waals surface area contributed by atoms with E-state index in [1.54, 1.807) is 12.3 Å². The molecule has 1 heterocycles. The molecule has 0 amide bonds. The number of benzene rings is 2. The molecule has 0 spiro atoms. The van der Waals surface area contributed by atoms with Crippen LogP contribution in [0.5, 0.6) is 0 Å². The van der Waals surface area contributed by atoms with E-state index < -0.39 is 11.7 Å². The Bertz CT molecular complexity index is 870. The molecule has 3 rings (SSSR count). The van der Waals surface area contributed by atoms with Crippen LogP contribution in [0.4, 0.5) is 13.2 Å². The van der Waals surface area contributed by atoms with Crippen molar-refractivity contribution < 1.29 is 13.2 Å². The third-order valence-electron chi connectivity index (χ3n) is 4.38. The summed E-state index contributed by atoms with van der Waals surface area (Å²) in [7, 11) is 0. The van der Waals surface area contributed by atoms with Gasteiger partial charge in [0.05, 0.1) is 17.4 Å². The van der Waals surface area contributed by atoms with Crippen molar-refractivity contribution in [3.8, 4) is 5.69 Å². The van der Waals surface area contributed by atoms with Gasteiger partial charge in [-0.1, -0.05) is 36.4 Å². The Morgan fingerprint density at radius 1 is 1.08 bits per heavy atom. The van der Waals surface area contributed by atoms with E-state index in [1.807, 2.05) is 48.9 Å². The minimum atomic E-state index is -4.32. The zero-order valence-electron chi connectivity index (χ0n) is 14.6. The highest BCUT2D eigenvalue weighted by molar-refractivity contribution is 5.35. The maximum absolute atomic E-state index is 12.8. The van der Waals surface area contributed by atoms with Crippen molar-refractivity contribution in [3.63, 3.8) is 0 Å². The molecule has 0 saturated heterocycles. The molecule has 136 valence electrons. The van der Waals surface area contributed by atoms with Crippen LogP contribution in [-0.2, 0) is 12.7 Å². The van der Waals surface area contributed by atoms with Crippen molar-refractivity contribution >= 4 is 0 Å². The second-order valence-corrected chi connectivity index (χ2v) is 6.23. The number of aromatic nitrogens is 2. The predicted octanol–water partition coefficient (Wildman–Crippen LogP) is 5.05. The lowest BCUT2D eigenvalue weighted by molar-refractivity contribution is -0.137. The van der Waals surface area contributed by atoms with Gasteiger partial charge in [-0.25, -0.2) is 4.68 Å². The molecule has 0 bridgehead atoms. The van der Waals surface area contributed by atoms with E-state index in [9.17, 15) is 13.2 Å². The molecule has 3 nitrogen and oxygen atoms in total. The first kappa shape index (κ1) is 18.2. The number of para-hydroxylation sites is 1. The van der Waals surface area contributed by atoms with Gasteiger partial charge in [-0.2, -0.15) is 18.3 Å². The first-order chi connectivity index (χ1) is 12.4. The van der Waals surface area contributed by atoms with Crippen LogP contribution in [-0.4, -0.2) is 9.78 Å². The van der Waals surface area contributed by atoms with E-state index in [0.29, 0.717) is 12.1 Å². The van der Waals surface area contributed by atoms with Crippen LogP contribution in [0.3, 0.4) is 0 Å². The molecule has 6 heteroatoms. The molecular weight excluding hydrogens is 339 g/mol. The quantitative estimate of drug-likeness (QED) is 0.691. The highest BCUT2D eigenvalue weighted by Gasteiger charge is 2.30. The van der Waals surface area contributed by atoms with Crippen LogP contribution in [0.1, 0.15) is 35.3 Å². The molecule has 0 saturated carbocycles. The zero-order chi connectivity index (χ0) is 18.7. The normalized spacial score (nSPS) is 13.0. The Balaban J connectivity index is 1.72. The van der Waals surface area contributed by atoms with Crippen LogP contribution in [0, 0.1) is 6.92 Å². The lowest BCUT2D eigenvalue weighted by Gasteiger charge is -2.15. The number of nitrogens with one attached hydrogen (secondary N) is 1. The molecule has 1 N–H and O–H groups in total. The van der Waals surface area contributed by atoms with Crippen molar-refractivity contribution in [1.29, 1.82) is 0 Å². The Kier molecular flexibility index (Phi) is 5.13. The Labute approximate surface area is 150 Å². The molecule has 26 heavy (non-hydrogen) atoms. The first-order valence-corrected chi connectivity index (χ1v) is 8.35. The van der Waals surface area contributed by atoms with Gasteiger partial charge >= 0.3 is 6.18 Å². The van der Waals surface area contributed by atoms with Gasteiger partial charge in [0, 0.05) is 23.8 Å². The fraction of sp³-hybridized carbons (Fsp3) is 0.250. The molecule has 3 aromatic rings. The molecule has 2 aromatic carbocycles. The fourth-order valence-corrected chi connectivity index (χ4v) is 2.92. The van der Waals surface area contributed by atoms with Crippen LogP contribution in [0.2, 0.25) is 0 Å². The molecule has 0 aliphatic carbocycles. The first-order valence-electron chi connectivity index (χ1n) is 8.35. The summed E-state index contributed by atoms with van der Waals surface area (Å²) in [6.07, 6.45) is -2.53. The maximum Gasteiger partial charge on any atom is 0.416 e. The monoisotopic (exact) mass is 359 g/mol. The van der Waals surface area contributed by atoms with Gasteiger partial charge in [0.25, 0.3) is 0 Å². The van der Waals surface area contributed by atoms with Crippen molar-refractivity contribution in [1.82, 2.24) is 15.1 Å². The molecule has 1 atom stereocenters. The van der Waals surface area contributed by atoms with Gasteiger partial charge in [-0.15, -0.1) is 0 Å². The molecule has 1 unspecified atom stereocenters. The van der Waals surface area contributed by atoms with E-state index in [2.05, 4.69) is 10.4 Å². The van der Waals surface area contributed by atoms with Crippen molar-refractivity contribution in [2.24, 2.45) is 0 Å². The van der Waals surface area contributed by atoms with Gasteiger partial charge in [-0.05, 0) is 37.6 Å². The molecule has 0 fully saturated rings. The predicted molar refractivity (Wildman–Crippen MR) is 95.0 cm³/mol. The highest BCUT2D eigenvalue weighted by Crippen LogP contribution is 2.29. The standard InChI is InChI=1S/C20H20F3N3/c1-14(24-12-16-7-6-8-17(11-16)20(21,22)23)19-13-25-26(15(19)2)18-9-4-3-5-10-18/h3-11,13-14,24H,12H2,1-2H3. The van der Waals surface area contributed by atoms with E-state index in [0.717, 1.165) is 23.0 Å². The lowest BCUT2D eigenvalue weighted by Crippen LogP contribution is -2.19. The minimum absolute atomic E-state index is 0.0398. The lowest BCUT2D eigenvalue weighted by atomic mass is 10.1. The zero-order valence-corrected chi connectivity index (χ0v) is 14.6. The fourth-order valence-electron chi connectivity index (χ4n) is 2.92. The highest BCUT2D eigenvalue weighted by atomic mass is 19.4. The van der Waals surface area contributed by atoms with Gasteiger partial charge in [0.1, 0.15) is 0 Å². The second-order valence-electron chi connectivity index (χ2n) is 6.23. The van der Waals surface area contributed by atoms with Crippen LogP contribution in [0.15, 0.2) is 60.8 Å². The van der Waals surface area contributed by atoms with Crippen LogP contribution >= 0.6 is 0 Å². The maximum atomic E-state index is 12.8. The number of hydrogen-bond acceptors (Lipinski definition) is 2. The number of nitrogens with zero attached hydrogens (tertiary/aromatic N) is 2. The third kappa shape index (κ3) is 3.96. The third-order valence-corrected chi connectivity index (χ3v) is 4.38. The van der Waals surface area contributed by atoms with E-state index in [-0.39, 0.29) is 6.04 Å². The second kappa shape index (κ2) is 7.33. The van der Waals surface area contributed by atoms with Crippen LogP contribution < -0.4 is 5.32 Å². The minimum Gasteiger partial charge on any atom is -0.306 e.